The summed E-state index contributed by atoms with van der Waals surface area (Å²) in [5, 5.41) is 4.35. The standard InChI is InChI=1S/C31H28F2N4O4S/c1-18-9-24(41-29-6-4-3-5-26(29)32)7-8-28(18)37-31(34)25(15-35-37)30(38)23-12-20-11-22(27(33)14-21(20)13-23)10-19-16-36(17-19)42(2,39)40/h3-9,11,13-15,19H,10,12,16-17,34H2,1-2H3. The summed E-state index contributed by atoms with van der Waals surface area (Å²) in [6.45, 7) is 2.58. The molecule has 2 aliphatic rings. The van der Waals surface area contributed by atoms with E-state index in [1.807, 2.05) is 6.92 Å². The fourth-order valence-electron chi connectivity index (χ4n) is 5.43. The molecule has 0 spiro atoms. The number of halogens is 2. The lowest BCUT2D eigenvalue weighted by Crippen LogP contribution is -2.50. The van der Waals surface area contributed by atoms with Gasteiger partial charge < -0.3 is 10.5 Å². The van der Waals surface area contributed by atoms with E-state index in [1.165, 1.54) is 39.6 Å². The minimum atomic E-state index is -3.23. The van der Waals surface area contributed by atoms with Crippen LogP contribution in [0.25, 0.3) is 11.8 Å². The van der Waals surface area contributed by atoms with Gasteiger partial charge in [-0.25, -0.2) is 26.2 Å². The maximum absolute atomic E-state index is 14.9. The SMILES string of the molecule is Cc1cc(Oc2ccccc2F)ccc1-n1ncc(C(=O)C2=Cc3cc(F)c(CC4CN(S(C)(=O)=O)C4)cc3C2)c1N. The lowest BCUT2D eigenvalue weighted by Gasteiger charge is -2.37. The molecule has 0 atom stereocenters. The van der Waals surface area contributed by atoms with Gasteiger partial charge in [-0.15, -0.1) is 0 Å². The molecule has 1 aromatic heterocycles. The number of nitrogens with zero attached hydrogens (tertiary/aromatic N) is 3. The van der Waals surface area contributed by atoms with E-state index >= 15 is 0 Å². The molecule has 6 rings (SSSR count). The summed E-state index contributed by atoms with van der Waals surface area (Å²) < 4.78 is 60.7. The molecule has 0 amide bonds. The number of ether oxygens (including phenoxy) is 1. The van der Waals surface area contributed by atoms with E-state index in [4.69, 9.17) is 10.5 Å². The van der Waals surface area contributed by atoms with Crippen molar-refractivity contribution in [3.05, 3.63) is 106 Å². The topological polar surface area (TPSA) is 108 Å². The van der Waals surface area contributed by atoms with Gasteiger partial charge in [-0.05, 0) is 84.0 Å². The number of sulfonamides is 1. The van der Waals surface area contributed by atoms with E-state index in [-0.39, 0.29) is 34.6 Å². The number of rotatable bonds is 8. The summed E-state index contributed by atoms with van der Waals surface area (Å²) in [6, 6.07) is 14.5. The van der Waals surface area contributed by atoms with Gasteiger partial charge in [-0.2, -0.15) is 5.10 Å². The van der Waals surface area contributed by atoms with Crippen molar-refractivity contribution in [2.45, 2.75) is 19.8 Å². The Balaban J connectivity index is 1.17. The first kappa shape index (κ1) is 27.8. The highest BCUT2D eigenvalue weighted by Crippen LogP contribution is 2.34. The van der Waals surface area contributed by atoms with Crippen molar-refractivity contribution < 1.29 is 26.7 Å². The van der Waals surface area contributed by atoms with E-state index in [1.54, 1.807) is 42.5 Å². The van der Waals surface area contributed by atoms with Crippen molar-refractivity contribution in [2.24, 2.45) is 5.92 Å². The molecule has 0 bridgehead atoms. The van der Waals surface area contributed by atoms with E-state index in [0.29, 0.717) is 54.1 Å². The van der Waals surface area contributed by atoms with Crippen LogP contribution in [0.15, 0.2) is 66.4 Å². The normalized spacial score (nSPS) is 15.3. The third-order valence-corrected chi connectivity index (χ3v) is 8.96. The monoisotopic (exact) mass is 590 g/mol. The molecule has 0 unspecified atom stereocenters. The summed E-state index contributed by atoms with van der Waals surface area (Å²) in [5.41, 5.74) is 10.5. The van der Waals surface area contributed by atoms with Gasteiger partial charge in [0.05, 0.1) is 23.7 Å². The van der Waals surface area contributed by atoms with Gasteiger partial charge in [0.25, 0.3) is 0 Å². The summed E-state index contributed by atoms with van der Waals surface area (Å²) in [5.74, 6) is -0.379. The highest BCUT2D eigenvalue weighted by molar-refractivity contribution is 7.88. The van der Waals surface area contributed by atoms with E-state index < -0.39 is 15.8 Å². The second kappa shape index (κ2) is 10.5. The van der Waals surface area contributed by atoms with E-state index in [2.05, 4.69) is 5.10 Å². The Morgan fingerprint density at radius 1 is 1.10 bits per heavy atom. The van der Waals surface area contributed by atoms with E-state index in [0.717, 1.165) is 11.1 Å². The van der Waals surface area contributed by atoms with Crippen LogP contribution in [0.1, 0.15) is 32.6 Å². The summed E-state index contributed by atoms with van der Waals surface area (Å²) in [7, 11) is -3.23. The highest BCUT2D eigenvalue weighted by atomic mass is 32.2. The molecule has 8 nitrogen and oxygen atoms in total. The maximum Gasteiger partial charge on any atom is 0.211 e. The Morgan fingerprint density at radius 3 is 2.57 bits per heavy atom. The first-order valence-electron chi connectivity index (χ1n) is 13.4. The zero-order valence-corrected chi connectivity index (χ0v) is 23.8. The largest absolute Gasteiger partial charge is 0.454 e. The van der Waals surface area contributed by atoms with Gasteiger partial charge in [-0.1, -0.05) is 18.2 Å². The van der Waals surface area contributed by atoms with Crippen LogP contribution in [0.5, 0.6) is 11.5 Å². The predicted octanol–water partition coefficient (Wildman–Crippen LogP) is 5.09. The van der Waals surface area contributed by atoms with Crippen LogP contribution in [-0.4, -0.2) is 47.6 Å². The number of hydrogen-bond donors (Lipinski definition) is 1. The summed E-state index contributed by atoms with van der Waals surface area (Å²) in [6.07, 6.45) is 5.02. The quantitative estimate of drug-likeness (QED) is 0.287. The molecule has 11 heteroatoms. The van der Waals surface area contributed by atoms with Gasteiger partial charge in [0.2, 0.25) is 10.0 Å². The number of carbonyl (C=O) groups excluding carboxylic acids is 1. The Kier molecular flexibility index (Phi) is 6.94. The molecule has 0 saturated carbocycles. The number of carbonyl (C=O) groups is 1. The fourth-order valence-corrected chi connectivity index (χ4v) is 6.40. The molecule has 2 N–H and O–H groups in total. The van der Waals surface area contributed by atoms with Crippen LogP contribution < -0.4 is 10.5 Å². The van der Waals surface area contributed by atoms with Gasteiger partial charge in [0.15, 0.2) is 17.3 Å². The second-order valence-corrected chi connectivity index (χ2v) is 12.8. The third-order valence-electron chi connectivity index (χ3n) is 7.72. The smallest absolute Gasteiger partial charge is 0.211 e. The second-order valence-electron chi connectivity index (χ2n) is 10.8. The highest BCUT2D eigenvalue weighted by Gasteiger charge is 2.34. The lowest BCUT2D eigenvalue weighted by atomic mass is 9.92. The minimum Gasteiger partial charge on any atom is -0.454 e. The average Bonchev–Trinajstić information content (AvgIpc) is 3.49. The molecule has 42 heavy (non-hydrogen) atoms. The molecule has 3 aromatic carbocycles. The molecule has 1 saturated heterocycles. The van der Waals surface area contributed by atoms with Crippen molar-refractivity contribution in [2.75, 3.05) is 25.1 Å². The first-order valence-corrected chi connectivity index (χ1v) is 15.2. The minimum absolute atomic E-state index is 0.0527. The van der Waals surface area contributed by atoms with Gasteiger partial charge >= 0.3 is 0 Å². The third kappa shape index (κ3) is 5.21. The number of Topliss-reactive ketones (excluding diaryl/α,β-unsaturated/α-hetero) is 1. The van der Waals surface area contributed by atoms with Crippen molar-refractivity contribution in [3.63, 3.8) is 0 Å². The molecule has 1 fully saturated rings. The molecule has 2 heterocycles. The lowest BCUT2D eigenvalue weighted by molar-refractivity contribution is 0.103. The molecular formula is C31H28F2N4O4S. The van der Waals surface area contributed by atoms with Crippen LogP contribution >= 0.6 is 0 Å². The number of nitrogens with two attached hydrogens (primary N) is 1. The number of hydrogen-bond acceptors (Lipinski definition) is 6. The Morgan fingerprint density at radius 2 is 1.86 bits per heavy atom. The number of aryl methyl sites for hydroxylation is 1. The molecule has 1 aliphatic carbocycles. The number of nitrogen functional groups attached to an aromatic ring is 1. The van der Waals surface area contributed by atoms with Crippen LogP contribution in [0, 0.1) is 24.5 Å². The molecule has 1 aliphatic heterocycles. The number of allylic oxidation sites excluding steroid dienone is 1. The Bertz CT molecular complexity index is 1880. The van der Waals surface area contributed by atoms with Gasteiger partial charge in [-0.3, -0.25) is 4.79 Å². The van der Waals surface area contributed by atoms with Crippen molar-refractivity contribution in [3.8, 4) is 17.2 Å². The summed E-state index contributed by atoms with van der Waals surface area (Å²) >= 11 is 0. The number of benzene rings is 3. The van der Waals surface area contributed by atoms with Crippen LogP contribution in [0.2, 0.25) is 0 Å². The zero-order valence-electron chi connectivity index (χ0n) is 23.0. The fraction of sp³-hybridized carbons (Fsp3) is 0.226. The molecule has 4 aromatic rings. The first-order chi connectivity index (χ1) is 20.0. The molecule has 0 radical (unpaired) electrons. The van der Waals surface area contributed by atoms with Crippen molar-refractivity contribution in [1.82, 2.24) is 14.1 Å². The predicted molar refractivity (Wildman–Crippen MR) is 155 cm³/mol. The molecular weight excluding hydrogens is 562 g/mol. The summed E-state index contributed by atoms with van der Waals surface area (Å²) in [4.78, 5) is 13.5. The Hall–Kier alpha value is -4.35. The van der Waals surface area contributed by atoms with E-state index in [9.17, 15) is 22.0 Å². The van der Waals surface area contributed by atoms with Crippen LogP contribution in [0.4, 0.5) is 14.6 Å². The molecule has 216 valence electrons. The maximum atomic E-state index is 14.9. The number of aromatic nitrogens is 2. The van der Waals surface area contributed by atoms with Gasteiger partial charge in [0.1, 0.15) is 17.4 Å². The number of ketones is 1. The van der Waals surface area contributed by atoms with Gasteiger partial charge in [0, 0.05) is 25.1 Å². The van der Waals surface area contributed by atoms with Crippen molar-refractivity contribution in [1.29, 1.82) is 0 Å². The Labute approximate surface area is 242 Å². The number of anilines is 1. The van der Waals surface area contributed by atoms with Crippen LogP contribution in [-0.2, 0) is 22.9 Å². The number of para-hydroxylation sites is 1. The average molecular weight is 591 g/mol. The van der Waals surface area contributed by atoms with Crippen molar-refractivity contribution >= 4 is 27.7 Å². The number of fused-ring (bicyclic) bond motifs is 1. The van der Waals surface area contributed by atoms with Crippen LogP contribution in [0.3, 0.4) is 0 Å². The zero-order chi connectivity index (χ0) is 29.8.